The number of phenols is 1. The molecule has 1 aliphatic heterocycles. The van der Waals surface area contributed by atoms with E-state index in [0.29, 0.717) is 5.02 Å². The van der Waals surface area contributed by atoms with E-state index in [9.17, 15) is 5.11 Å². The number of phenolic OH excluding ortho intramolecular Hbond substituents is 1. The van der Waals surface area contributed by atoms with E-state index in [-0.39, 0.29) is 16.6 Å². The average Bonchev–Trinajstić information content (AvgIpc) is 2.42. The van der Waals surface area contributed by atoms with Gasteiger partial charge in [0.15, 0.2) is 0 Å². The van der Waals surface area contributed by atoms with E-state index < -0.39 is 0 Å². The maximum atomic E-state index is 10.4. The largest absolute Gasteiger partial charge is 0.506 e. The van der Waals surface area contributed by atoms with Crippen molar-refractivity contribution in [3.8, 4) is 5.75 Å². The van der Waals surface area contributed by atoms with Crippen molar-refractivity contribution in [2.45, 2.75) is 72.3 Å². The minimum Gasteiger partial charge on any atom is -0.506 e. The van der Waals surface area contributed by atoms with Gasteiger partial charge in [-0.05, 0) is 54.8 Å². The molecule has 1 saturated heterocycles. The smallest absolute Gasteiger partial charge is 0.138 e. The van der Waals surface area contributed by atoms with Gasteiger partial charge < -0.3 is 5.11 Å². The Balaban J connectivity index is 2.27. The number of hydrogen-bond donors (Lipinski definition) is 1. The Morgan fingerprint density at radius 3 is 2.22 bits per heavy atom. The number of likely N-dealkylation sites (tertiary alicyclic amines) is 1. The Labute approximate surface area is 146 Å². The van der Waals surface area contributed by atoms with Crippen LogP contribution in [0.3, 0.4) is 0 Å². The number of nitrogens with zero attached hydrogens (tertiary/aromatic N) is 1. The quantitative estimate of drug-likeness (QED) is 0.756. The van der Waals surface area contributed by atoms with Crippen LogP contribution >= 0.6 is 11.6 Å². The second-order valence-corrected chi connectivity index (χ2v) is 9.33. The highest BCUT2D eigenvalue weighted by atomic mass is 35.5. The highest BCUT2D eigenvalue weighted by molar-refractivity contribution is 6.32. The SMILES string of the molecule is CC(C)(C)CC(C)(C)c1cc(Cl)c(O)c(CN2CCCCC2)c1. The molecule has 1 N–H and O–H groups in total. The molecule has 0 spiro atoms. The van der Waals surface area contributed by atoms with E-state index >= 15 is 0 Å². The first kappa shape index (κ1) is 18.6. The first-order valence-electron chi connectivity index (χ1n) is 8.83. The van der Waals surface area contributed by atoms with Gasteiger partial charge in [-0.3, -0.25) is 4.90 Å². The fourth-order valence-corrected chi connectivity index (χ4v) is 4.19. The first-order valence-corrected chi connectivity index (χ1v) is 9.20. The van der Waals surface area contributed by atoms with Crippen molar-refractivity contribution in [1.82, 2.24) is 4.90 Å². The summed E-state index contributed by atoms with van der Waals surface area (Å²) in [7, 11) is 0. The van der Waals surface area contributed by atoms with Crippen LogP contribution in [0.15, 0.2) is 12.1 Å². The van der Waals surface area contributed by atoms with E-state index in [2.05, 4.69) is 45.6 Å². The molecule has 1 aliphatic rings. The van der Waals surface area contributed by atoms with Crippen LogP contribution in [0.4, 0.5) is 0 Å². The van der Waals surface area contributed by atoms with Crippen LogP contribution in [-0.4, -0.2) is 23.1 Å². The predicted octanol–water partition coefficient (Wildman–Crippen LogP) is 5.75. The van der Waals surface area contributed by atoms with E-state index in [4.69, 9.17) is 11.6 Å². The molecule has 23 heavy (non-hydrogen) atoms. The molecule has 0 radical (unpaired) electrons. The molecule has 0 atom stereocenters. The molecule has 2 nitrogen and oxygen atoms in total. The zero-order valence-electron chi connectivity index (χ0n) is 15.4. The minimum atomic E-state index is 0.0340. The van der Waals surface area contributed by atoms with Crippen molar-refractivity contribution in [3.05, 3.63) is 28.3 Å². The number of rotatable bonds is 4. The van der Waals surface area contributed by atoms with Gasteiger partial charge in [-0.25, -0.2) is 0 Å². The third-order valence-corrected chi connectivity index (χ3v) is 5.03. The van der Waals surface area contributed by atoms with E-state index in [1.54, 1.807) is 0 Å². The zero-order valence-corrected chi connectivity index (χ0v) is 16.1. The number of piperidine rings is 1. The predicted molar refractivity (Wildman–Crippen MR) is 99.3 cm³/mol. The van der Waals surface area contributed by atoms with Gasteiger partial charge >= 0.3 is 0 Å². The van der Waals surface area contributed by atoms with Crippen molar-refractivity contribution < 1.29 is 5.11 Å². The molecule has 0 aliphatic carbocycles. The van der Waals surface area contributed by atoms with Gasteiger partial charge in [0.05, 0.1) is 5.02 Å². The van der Waals surface area contributed by atoms with Crippen molar-refractivity contribution in [3.63, 3.8) is 0 Å². The average molecular weight is 338 g/mol. The van der Waals surface area contributed by atoms with Crippen LogP contribution in [0.5, 0.6) is 5.75 Å². The maximum Gasteiger partial charge on any atom is 0.138 e. The molecule has 0 saturated carbocycles. The normalized spacial score (nSPS) is 17.5. The Bertz CT molecular complexity index is 539. The van der Waals surface area contributed by atoms with Crippen LogP contribution in [0.2, 0.25) is 5.02 Å². The molecule has 1 aromatic rings. The Hall–Kier alpha value is -0.730. The van der Waals surface area contributed by atoms with Gasteiger partial charge in [0, 0.05) is 12.1 Å². The summed E-state index contributed by atoms with van der Waals surface area (Å²) in [6, 6.07) is 4.11. The fraction of sp³-hybridized carbons (Fsp3) is 0.700. The highest BCUT2D eigenvalue weighted by Gasteiger charge is 2.29. The van der Waals surface area contributed by atoms with Crippen molar-refractivity contribution in [2.75, 3.05) is 13.1 Å². The highest BCUT2D eigenvalue weighted by Crippen LogP contribution is 2.40. The third kappa shape index (κ3) is 5.12. The van der Waals surface area contributed by atoms with Crippen molar-refractivity contribution in [1.29, 1.82) is 0 Å². The summed E-state index contributed by atoms with van der Waals surface area (Å²) < 4.78 is 0. The summed E-state index contributed by atoms with van der Waals surface area (Å²) in [4.78, 5) is 2.43. The summed E-state index contributed by atoms with van der Waals surface area (Å²) in [6.45, 7) is 14.4. The first-order chi connectivity index (χ1) is 10.6. The molecule has 0 amide bonds. The molecule has 3 heteroatoms. The minimum absolute atomic E-state index is 0.0340. The van der Waals surface area contributed by atoms with Gasteiger partial charge in [-0.1, -0.05) is 58.7 Å². The Morgan fingerprint density at radius 2 is 1.65 bits per heavy atom. The number of hydrogen-bond acceptors (Lipinski definition) is 2. The second-order valence-electron chi connectivity index (χ2n) is 8.92. The van der Waals surface area contributed by atoms with Crippen LogP contribution < -0.4 is 0 Å². The molecule has 1 aromatic carbocycles. The van der Waals surface area contributed by atoms with Crippen LogP contribution in [0, 0.1) is 5.41 Å². The van der Waals surface area contributed by atoms with Gasteiger partial charge in [0.2, 0.25) is 0 Å². The van der Waals surface area contributed by atoms with Gasteiger partial charge in [0.25, 0.3) is 0 Å². The third-order valence-electron chi connectivity index (χ3n) is 4.74. The summed E-state index contributed by atoms with van der Waals surface area (Å²) >= 11 is 6.35. The number of halogens is 1. The molecule has 130 valence electrons. The van der Waals surface area contributed by atoms with Crippen LogP contribution in [0.25, 0.3) is 0 Å². The lowest BCUT2D eigenvalue weighted by atomic mass is 9.72. The fourth-order valence-electron chi connectivity index (χ4n) is 3.95. The molecular weight excluding hydrogens is 306 g/mol. The van der Waals surface area contributed by atoms with E-state index in [1.165, 1.54) is 24.8 Å². The topological polar surface area (TPSA) is 23.5 Å². The van der Waals surface area contributed by atoms with Crippen molar-refractivity contribution >= 4 is 11.6 Å². The summed E-state index contributed by atoms with van der Waals surface area (Å²) in [5, 5.41) is 10.9. The van der Waals surface area contributed by atoms with Gasteiger partial charge in [-0.15, -0.1) is 0 Å². The molecule has 0 bridgehead atoms. The molecule has 1 fully saturated rings. The van der Waals surface area contributed by atoms with Crippen LogP contribution in [-0.2, 0) is 12.0 Å². The lowest BCUT2D eigenvalue weighted by Crippen LogP contribution is -2.29. The maximum absolute atomic E-state index is 10.4. The zero-order chi connectivity index (χ0) is 17.3. The Morgan fingerprint density at radius 1 is 1.04 bits per heavy atom. The van der Waals surface area contributed by atoms with E-state index in [1.807, 2.05) is 6.07 Å². The monoisotopic (exact) mass is 337 g/mol. The molecule has 0 unspecified atom stereocenters. The summed E-state index contributed by atoms with van der Waals surface area (Å²) in [5.74, 6) is 0.257. The van der Waals surface area contributed by atoms with Crippen molar-refractivity contribution in [2.24, 2.45) is 5.41 Å². The lowest BCUT2D eigenvalue weighted by molar-refractivity contribution is 0.218. The summed E-state index contributed by atoms with van der Waals surface area (Å²) in [5.41, 5.74) is 2.48. The number of benzene rings is 1. The standard InChI is InChI=1S/C20H32ClNO/c1-19(2,3)14-20(4,5)16-11-15(18(23)17(21)12-16)13-22-9-7-6-8-10-22/h11-12,23H,6-10,13-14H2,1-5H3. The van der Waals surface area contributed by atoms with Gasteiger partial charge in [0.1, 0.15) is 5.75 Å². The lowest BCUT2D eigenvalue weighted by Gasteiger charge is -2.34. The molecular formula is C20H32ClNO. The van der Waals surface area contributed by atoms with E-state index in [0.717, 1.165) is 31.6 Å². The number of aromatic hydroxyl groups is 1. The van der Waals surface area contributed by atoms with Crippen LogP contribution in [0.1, 0.15) is 71.4 Å². The second kappa shape index (κ2) is 7.03. The molecule has 0 aromatic heterocycles. The molecule has 2 rings (SSSR count). The summed E-state index contributed by atoms with van der Waals surface area (Å²) in [6.07, 6.45) is 4.90. The molecule has 1 heterocycles. The van der Waals surface area contributed by atoms with Gasteiger partial charge in [-0.2, -0.15) is 0 Å². The Kier molecular flexibility index (Phi) is 5.68.